The Kier molecular flexibility index (Phi) is 18.8. The van der Waals surface area contributed by atoms with Crippen molar-refractivity contribution in [2.45, 2.75) is 103 Å². The first-order chi connectivity index (χ1) is 12.2. The number of carbonyl (C=O) groups is 1. The Balaban J connectivity index is 3.18. The van der Waals surface area contributed by atoms with Crippen molar-refractivity contribution in [2.75, 3.05) is 13.2 Å². The highest BCUT2D eigenvalue weighted by Gasteiger charge is 2.14. The van der Waals surface area contributed by atoms with Crippen molar-refractivity contribution in [3.05, 3.63) is 12.2 Å². The molecule has 4 nitrogen and oxygen atoms in total. The summed E-state index contributed by atoms with van der Waals surface area (Å²) in [6.45, 7) is 2.01. The predicted octanol–water partition coefficient (Wildman–Crippen LogP) is 4.92. The maximum atomic E-state index is 11.1. The largest absolute Gasteiger partial charge is 0.464 e. The number of rotatable bonds is 18. The van der Waals surface area contributed by atoms with Crippen LogP contribution in [-0.2, 0) is 9.53 Å². The van der Waals surface area contributed by atoms with Gasteiger partial charge in [0.25, 0.3) is 0 Å². The number of hydrogen-bond donors (Lipinski definition) is 2. The van der Waals surface area contributed by atoms with Gasteiger partial charge in [-0.2, -0.15) is 0 Å². The first-order valence-electron chi connectivity index (χ1n) is 10.3. The summed E-state index contributed by atoms with van der Waals surface area (Å²) in [4.78, 5) is 11.1. The Hall–Kier alpha value is -0.870. The molecule has 4 heteroatoms. The lowest BCUT2D eigenvalue weighted by molar-refractivity contribution is -0.155. The van der Waals surface area contributed by atoms with Crippen LogP contribution in [0.15, 0.2) is 12.2 Å². The van der Waals surface area contributed by atoms with Gasteiger partial charge < -0.3 is 14.9 Å². The van der Waals surface area contributed by atoms with Gasteiger partial charge in [-0.25, -0.2) is 4.79 Å². The minimum Gasteiger partial charge on any atom is -0.464 e. The lowest BCUT2D eigenvalue weighted by Crippen LogP contribution is -2.26. The molecule has 148 valence electrons. The van der Waals surface area contributed by atoms with E-state index in [1.165, 1.54) is 70.6 Å². The van der Waals surface area contributed by atoms with Crippen LogP contribution in [0.5, 0.6) is 0 Å². The Labute approximate surface area is 154 Å². The van der Waals surface area contributed by atoms with Crippen LogP contribution in [0.25, 0.3) is 0 Å². The van der Waals surface area contributed by atoms with E-state index in [1.54, 1.807) is 0 Å². The van der Waals surface area contributed by atoms with Crippen LogP contribution in [0.3, 0.4) is 0 Å². The SMILES string of the molecule is CCCCCCCC/C=C/CCCCCCCCOC(=O)[C@H](O)CO. The van der Waals surface area contributed by atoms with Crippen molar-refractivity contribution >= 4 is 5.97 Å². The van der Waals surface area contributed by atoms with Crippen LogP contribution in [0.4, 0.5) is 0 Å². The van der Waals surface area contributed by atoms with Gasteiger partial charge in [-0.05, 0) is 32.1 Å². The van der Waals surface area contributed by atoms with Crippen molar-refractivity contribution in [3.63, 3.8) is 0 Å². The van der Waals surface area contributed by atoms with E-state index in [9.17, 15) is 4.79 Å². The van der Waals surface area contributed by atoms with Gasteiger partial charge in [0.15, 0.2) is 6.10 Å². The van der Waals surface area contributed by atoms with E-state index in [2.05, 4.69) is 19.1 Å². The van der Waals surface area contributed by atoms with E-state index in [-0.39, 0.29) is 0 Å². The van der Waals surface area contributed by atoms with Crippen LogP contribution in [-0.4, -0.2) is 35.5 Å². The molecule has 2 N–H and O–H groups in total. The average Bonchev–Trinajstić information content (AvgIpc) is 2.63. The van der Waals surface area contributed by atoms with Crippen LogP contribution in [0.1, 0.15) is 96.8 Å². The molecule has 0 aromatic heterocycles. The minimum atomic E-state index is -1.39. The molecule has 0 unspecified atom stereocenters. The molecule has 0 aromatic carbocycles. The Morgan fingerprint density at radius 2 is 1.32 bits per heavy atom. The fraction of sp³-hybridized carbons (Fsp3) is 0.857. The second-order valence-corrected chi connectivity index (χ2v) is 6.80. The number of aliphatic hydroxyl groups excluding tert-OH is 2. The molecule has 0 saturated heterocycles. The summed E-state index contributed by atoms with van der Waals surface area (Å²) < 4.78 is 4.86. The fourth-order valence-electron chi connectivity index (χ4n) is 2.69. The molecule has 0 aliphatic heterocycles. The average molecular weight is 357 g/mol. The Bertz CT molecular complexity index is 315. The number of ether oxygens (including phenoxy) is 1. The molecule has 0 rings (SSSR count). The molecule has 0 fully saturated rings. The molecule has 25 heavy (non-hydrogen) atoms. The first-order valence-corrected chi connectivity index (χ1v) is 10.3. The summed E-state index contributed by atoms with van der Waals surface area (Å²) in [6, 6.07) is 0. The zero-order chi connectivity index (χ0) is 18.6. The van der Waals surface area contributed by atoms with Gasteiger partial charge in [0.05, 0.1) is 13.2 Å². The molecular weight excluding hydrogens is 316 g/mol. The third kappa shape index (κ3) is 17.7. The van der Waals surface area contributed by atoms with E-state index >= 15 is 0 Å². The van der Waals surface area contributed by atoms with Crippen molar-refractivity contribution < 1.29 is 19.7 Å². The monoisotopic (exact) mass is 356 g/mol. The van der Waals surface area contributed by atoms with E-state index < -0.39 is 18.7 Å². The number of aliphatic hydroxyl groups is 2. The molecular formula is C21H40O4. The lowest BCUT2D eigenvalue weighted by atomic mass is 10.1. The summed E-state index contributed by atoms with van der Waals surface area (Å²) in [5.41, 5.74) is 0. The predicted molar refractivity (Wildman–Crippen MR) is 104 cm³/mol. The van der Waals surface area contributed by atoms with E-state index in [0.29, 0.717) is 6.61 Å². The quantitative estimate of drug-likeness (QED) is 0.208. The fourth-order valence-corrected chi connectivity index (χ4v) is 2.69. The molecule has 0 aromatic rings. The third-order valence-electron chi connectivity index (χ3n) is 4.35. The summed E-state index contributed by atoms with van der Waals surface area (Å²) in [7, 11) is 0. The number of esters is 1. The maximum absolute atomic E-state index is 11.1. The molecule has 0 amide bonds. The van der Waals surface area contributed by atoms with E-state index in [0.717, 1.165) is 19.3 Å². The van der Waals surface area contributed by atoms with Crippen molar-refractivity contribution in [1.82, 2.24) is 0 Å². The summed E-state index contributed by atoms with van der Waals surface area (Å²) >= 11 is 0. The molecule has 0 heterocycles. The molecule has 1 atom stereocenters. The van der Waals surface area contributed by atoms with Crippen LogP contribution in [0.2, 0.25) is 0 Å². The van der Waals surface area contributed by atoms with Gasteiger partial charge in [-0.3, -0.25) is 0 Å². The van der Waals surface area contributed by atoms with Gasteiger partial charge in [0.2, 0.25) is 0 Å². The Morgan fingerprint density at radius 3 is 1.84 bits per heavy atom. The van der Waals surface area contributed by atoms with Gasteiger partial charge in [0, 0.05) is 0 Å². The third-order valence-corrected chi connectivity index (χ3v) is 4.35. The second kappa shape index (κ2) is 19.5. The van der Waals surface area contributed by atoms with Crippen LogP contribution < -0.4 is 0 Å². The van der Waals surface area contributed by atoms with Gasteiger partial charge in [-0.1, -0.05) is 76.9 Å². The number of carbonyl (C=O) groups excluding carboxylic acids is 1. The number of hydrogen-bond acceptors (Lipinski definition) is 4. The van der Waals surface area contributed by atoms with Crippen LogP contribution in [0, 0.1) is 0 Å². The first kappa shape index (κ1) is 24.1. The van der Waals surface area contributed by atoms with Crippen molar-refractivity contribution in [3.8, 4) is 0 Å². The topological polar surface area (TPSA) is 66.8 Å². The highest BCUT2D eigenvalue weighted by atomic mass is 16.5. The summed E-state index contributed by atoms with van der Waals surface area (Å²) in [5, 5.41) is 17.6. The van der Waals surface area contributed by atoms with Crippen LogP contribution >= 0.6 is 0 Å². The number of allylic oxidation sites excluding steroid dienone is 2. The molecule has 0 spiro atoms. The molecule has 0 saturated carbocycles. The smallest absolute Gasteiger partial charge is 0.337 e. The highest BCUT2D eigenvalue weighted by Crippen LogP contribution is 2.10. The molecule has 0 bridgehead atoms. The maximum Gasteiger partial charge on any atom is 0.337 e. The molecule has 0 aliphatic rings. The van der Waals surface area contributed by atoms with Crippen molar-refractivity contribution in [1.29, 1.82) is 0 Å². The Morgan fingerprint density at radius 1 is 0.840 bits per heavy atom. The highest BCUT2D eigenvalue weighted by molar-refractivity contribution is 5.74. The lowest BCUT2D eigenvalue weighted by Gasteiger charge is -2.07. The van der Waals surface area contributed by atoms with Crippen molar-refractivity contribution in [2.24, 2.45) is 0 Å². The van der Waals surface area contributed by atoms with Gasteiger partial charge >= 0.3 is 5.97 Å². The standard InChI is InChI=1S/C21H40O4/c1-2-3-4-5-6-7-8-9-10-11-12-13-14-15-16-17-18-25-21(24)20(23)19-22/h9-10,20,22-23H,2-8,11-19H2,1H3/b10-9+/t20-/m1/s1. The second-order valence-electron chi connectivity index (χ2n) is 6.80. The van der Waals surface area contributed by atoms with Gasteiger partial charge in [-0.15, -0.1) is 0 Å². The molecule has 0 aliphatic carbocycles. The minimum absolute atomic E-state index is 0.330. The number of unbranched alkanes of at least 4 members (excludes halogenated alkanes) is 12. The van der Waals surface area contributed by atoms with Gasteiger partial charge in [0.1, 0.15) is 0 Å². The molecule has 0 radical (unpaired) electrons. The zero-order valence-electron chi connectivity index (χ0n) is 16.3. The normalized spacial score (nSPS) is 12.6. The summed E-state index contributed by atoms with van der Waals surface area (Å²) in [5.74, 6) is -0.727. The zero-order valence-corrected chi connectivity index (χ0v) is 16.3. The van der Waals surface area contributed by atoms with E-state index in [1.807, 2.05) is 0 Å². The summed E-state index contributed by atoms with van der Waals surface area (Å²) in [6.07, 6.45) is 20.6. The van der Waals surface area contributed by atoms with E-state index in [4.69, 9.17) is 14.9 Å².